The molecule has 0 spiro atoms. The molecule has 0 bridgehead atoms. The van der Waals surface area contributed by atoms with Crippen molar-refractivity contribution < 1.29 is 24.2 Å². The number of ether oxygens (including phenoxy) is 2. The minimum absolute atomic E-state index is 0.0638. The molecule has 1 fully saturated rings. The van der Waals surface area contributed by atoms with Gasteiger partial charge in [-0.15, -0.1) is 0 Å². The zero-order chi connectivity index (χ0) is 23.4. The van der Waals surface area contributed by atoms with Gasteiger partial charge in [-0.25, -0.2) is 0 Å². The minimum Gasteiger partial charge on any atom is -0.507 e. The fourth-order valence-electron chi connectivity index (χ4n) is 4.06. The maximum atomic E-state index is 13.1. The third-order valence-electron chi connectivity index (χ3n) is 5.65. The Morgan fingerprint density at radius 3 is 2.38 bits per heavy atom. The molecule has 32 heavy (non-hydrogen) atoms. The molecule has 0 aliphatic carbocycles. The van der Waals surface area contributed by atoms with E-state index in [1.54, 1.807) is 38.5 Å². The first kappa shape index (κ1) is 23.3. The van der Waals surface area contributed by atoms with Crippen molar-refractivity contribution in [2.24, 2.45) is 0 Å². The Bertz CT molecular complexity index is 1040. The van der Waals surface area contributed by atoms with Gasteiger partial charge in [0.15, 0.2) is 0 Å². The zero-order valence-corrected chi connectivity index (χ0v) is 19.2. The highest BCUT2D eigenvalue weighted by atomic mass is 16.5. The van der Waals surface area contributed by atoms with Gasteiger partial charge in [0.1, 0.15) is 17.3 Å². The summed E-state index contributed by atoms with van der Waals surface area (Å²) in [7, 11) is 7.03. The molecule has 1 heterocycles. The topological polar surface area (TPSA) is 79.3 Å². The first-order valence-corrected chi connectivity index (χ1v) is 10.5. The monoisotopic (exact) mass is 438 g/mol. The molecule has 7 nitrogen and oxygen atoms in total. The number of aliphatic hydroxyl groups is 1. The van der Waals surface area contributed by atoms with Gasteiger partial charge in [0, 0.05) is 17.7 Å². The van der Waals surface area contributed by atoms with E-state index in [4.69, 9.17) is 9.47 Å². The maximum Gasteiger partial charge on any atom is 0.295 e. The van der Waals surface area contributed by atoms with Crippen LogP contribution in [0.4, 0.5) is 0 Å². The van der Waals surface area contributed by atoms with Gasteiger partial charge in [-0.1, -0.05) is 18.2 Å². The number of ketones is 1. The predicted octanol–water partition coefficient (Wildman–Crippen LogP) is 3.39. The average molecular weight is 439 g/mol. The summed E-state index contributed by atoms with van der Waals surface area (Å²) in [6, 6.07) is 11.7. The Kier molecular flexibility index (Phi) is 7.20. The van der Waals surface area contributed by atoms with Crippen LogP contribution in [0, 0.1) is 6.92 Å². The highest BCUT2D eigenvalue weighted by molar-refractivity contribution is 6.46. The summed E-state index contributed by atoms with van der Waals surface area (Å²) in [5.41, 5.74) is 1.99. The second-order valence-corrected chi connectivity index (χ2v) is 8.08. The van der Waals surface area contributed by atoms with Gasteiger partial charge in [-0.2, -0.15) is 0 Å². The summed E-state index contributed by atoms with van der Waals surface area (Å²) in [4.78, 5) is 29.7. The SMILES string of the molecule is COc1ccc(/C(O)=C2\C(=O)C(=O)N(CCCN(C)C)C2c2ccccc2OC)cc1C. The third kappa shape index (κ3) is 4.48. The molecule has 1 atom stereocenters. The number of rotatable bonds is 8. The minimum atomic E-state index is -0.740. The standard InChI is InChI=1S/C25H30N2O5/c1-16-15-17(11-12-19(16)31-4)23(28)21-22(18-9-6-7-10-20(18)32-5)27(25(30)24(21)29)14-8-13-26(2)3/h6-7,9-12,15,22,28H,8,13-14H2,1-5H3/b23-21+. The molecule has 1 saturated heterocycles. The number of aliphatic hydroxyl groups excluding tert-OH is 1. The number of amides is 1. The van der Waals surface area contributed by atoms with E-state index in [0.29, 0.717) is 35.6 Å². The first-order chi connectivity index (χ1) is 15.3. The summed E-state index contributed by atoms with van der Waals surface area (Å²) < 4.78 is 10.8. The summed E-state index contributed by atoms with van der Waals surface area (Å²) in [6.07, 6.45) is 0.688. The van der Waals surface area contributed by atoms with Crippen LogP contribution in [0.15, 0.2) is 48.0 Å². The average Bonchev–Trinajstić information content (AvgIpc) is 3.03. The smallest absolute Gasteiger partial charge is 0.295 e. The van der Waals surface area contributed by atoms with Gasteiger partial charge in [-0.05, 0) is 63.8 Å². The molecule has 7 heteroatoms. The largest absolute Gasteiger partial charge is 0.507 e. The Hall–Kier alpha value is -3.32. The zero-order valence-electron chi connectivity index (χ0n) is 19.2. The van der Waals surface area contributed by atoms with Crippen LogP contribution >= 0.6 is 0 Å². The molecular weight excluding hydrogens is 408 g/mol. The quantitative estimate of drug-likeness (QED) is 0.387. The van der Waals surface area contributed by atoms with Gasteiger partial charge >= 0.3 is 0 Å². The highest BCUT2D eigenvalue weighted by Gasteiger charge is 2.46. The number of methoxy groups -OCH3 is 2. The van der Waals surface area contributed by atoms with E-state index in [-0.39, 0.29) is 11.3 Å². The van der Waals surface area contributed by atoms with Crippen molar-refractivity contribution in [1.29, 1.82) is 0 Å². The number of carbonyl (C=O) groups is 2. The Balaban J connectivity index is 2.15. The van der Waals surface area contributed by atoms with Crippen LogP contribution in [0.3, 0.4) is 0 Å². The molecule has 1 N–H and O–H groups in total. The van der Waals surface area contributed by atoms with Crippen molar-refractivity contribution in [2.45, 2.75) is 19.4 Å². The summed E-state index contributed by atoms with van der Waals surface area (Å²) >= 11 is 0. The number of Topliss-reactive ketones (excluding diaryl/α,β-unsaturated/α-hetero) is 1. The lowest BCUT2D eigenvalue weighted by molar-refractivity contribution is -0.140. The maximum absolute atomic E-state index is 13.1. The molecule has 1 aliphatic rings. The van der Waals surface area contributed by atoms with Crippen molar-refractivity contribution in [1.82, 2.24) is 9.80 Å². The van der Waals surface area contributed by atoms with E-state index < -0.39 is 17.7 Å². The van der Waals surface area contributed by atoms with Gasteiger partial charge in [-0.3, -0.25) is 9.59 Å². The van der Waals surface area contributed by atoms with Gasteiger partial charge in [0.2, 0.25) is 0 Å². The van der Waals surface area contributed by atoms with Crippen LogP contribution in [0.2, 0.25) is 0 Å². The fraction of sp³-hybridized carbons (Fsp3) is 0.360. The lowest BCUT2D eigenvalue weighted by Crippen LogP contribution is -2.32. The number of aryl methyl sites for hydroxylation is 1. The predicted molar refractivity (Wildman–Crippen MR) is 123 cm³/mol. The van der Waals surface area contributed by atoms with E-state index in [1.165, 1.54) is 4.90 Å². The lowest BCUT2D eigenvalue weighted by Gasteiger charge is -2.27. The second-order valence-electron chi connectivity index (χ2n) is 8.08. The van der Waals surface area contributed by atoms with Gasteiger partial charge in [0.05, 0.1) is 25.8 Å². The molecule has 0 saturated carbocycles. The van der Waals surface area contributed by atoms with Gasteiger partial charge < -0.3 is 24.4 Å². The van der Waals surface area contributed by atoms with Crippen LogP contribution in [0.25, 0.3) is 5.76 Å². The molecule has 0 radical (unpaired) electrons. The molecule has 1 amide bonds. The van der Waals surface area contributed by atoms with Crippen molar-refractivity contribution in [2.75, 3.05) is 41.4 Å². The number of para-hydroxylation sites is 1. The number of carbonyl (C=O) groups excluding carboxylic acids is 2. The highest BCUT2D eigenvalue weighted by Crippen LogP contribution is 2.42. The van der Waals surface area contributed by atoms with E-state index >= 15 is 0 Å². The number of benzene rings is 2. The normalized spacial score (nSPS) is 17.8. The van der Waals surface area contributed by atoms with Crippen LogP contribution in [-0.4, -0.2) is 68.0 Å². The first-order valence-electron chi connectivity index (χ1n) is 10.5. The van der Waals surface area contributed by atoms with Crippen LogP contribution < -0.4 is 9.47 Å². The van der Waals surface area contributed by atoms with E-state index in [0.717, 1.165) is 12.1 Å². The number of nitrogens with zero attached hydrogens (tertiary/aromatic N) is 2. The Morgan fingerprint density at radius 1 is 1.06 bits per heavy atom. The lowest BCUT2D eigenvalue weighted by atomic mass is 9.94. The molecule has 1 aliphatic heterocycles. The van der Waals surface area contributed by atoms with Crippen molar-refractivity contribution in [3.8, 4) is 11.5 Å². The molecule has 170 valence electrons. The number of hydrogen-bond donors (Lipinski definition) is 1. The van der Waals surface area contributed by atoms with E-state index in [1.807, 2.05) is 44.1 Å². The molecular formula is C25H30N2O5. The summed E-state index contributed by atoms with van der Waals surface area (Å²) in [5, 5.41) is 11.2. The van der Waals surface area contributed by atoms with Crippen LogP contribution in [0.1, 0.15) is 29.2 Å². The second kappa shape index (κ2) is 9.87. The van der Waals surface area contributed by atoms with Crippen molar-refractivity contribution >= 4 is 17.4 Å². The van der Waals surface area contributed by atoms with Gasteiger partial charge in [0.25, 0.3) is 11.7 Å². The number of likely N-dealkylation sites (tertiary alicyclic amines) is 1. The third-order valence-corrected chi connectivity index (χ3v) is 5.65. The molecule has 1 unspecified atom stereocenters. The fourth-order valence-corrected chi connectivity index (χ4v) is 4.06. The molecule has 0 aromatic heterocycles. The summed E-state index contributed by atoms with van der Waals surface area (Å²) in [6.45, 7) is 3.00. The Morgan fingerprint density at radius 2 is 1.75 bits per heavy atom. The Labute approximate surface area is 188 Å². The van der Waals surface area contributed by atoms with E-state index in [2.05, 4.69) is 0 Å². The molecule has 2 aromatic carbocycles. The van der Waals surface area contributed by atoms with Crippen molar-refractivity contribution in [3.63, 3.8) is 0 Å². The molecule has 3 rings (SSSR count). The van der Waals surface area contributed by atoms with E-state index in [9.17, 15) is 14.7 Å². The summed E-state index contributed by atoms with van der Waals surface area (Å²) in [5.74, 6) is -0.302. The van der Waals surface area contributed by atoms with Crippen LogP contribution in [-0.2, 0) is 9.59 Å². The molecule has 2 aromatic rings. The van der Waals surface area contributed by atoms with Crippen molar-refractivity contribution in [3.05, 3.63) is 64.7 Å². The van der Waals surface area contributed by atoms with Crippen LogP contribution in [0.5, 0.6) is 11.5 Å². The number of hydrogen-bond acceptors (Lipinski definition) is 6.